The van der Waals surface area contributed by atoms with Crippen LogP contribution >= 0.6 is 0 Å². The summed E-state index contributed by atoms with van der Waals surface area (Å²) in [6.45, 7) is 4.78. The molecule has 0 aromatic heterocycles. The van der Waals surface area contributed by atoms with Gasteiger partial charge >= 0.3 is 154 Å². The Morgan fingerprint density at radius 1 is 1.00 bits per heavy atom. The number of benzene rings is 1. The second-order valence-electron chi connectivity index (χ2n) is 6.74. The maximum absolute atomic E-state index is 6.58. The van der Waals surface area contributed by atoms with Crippen LogP contribution < -0.4 is 0 Å². The summed E-state index contributed by atoms with van der Waals surface area (Å²) in [6.07, 6.45) is -1.59. The van der Waals surface area contributed by atoms with Crippen molar-refractivity contribution in [1.29, 1.82) is 0 Å². The van der Waals surface area contributed by atoms with Gasteiger partial charge in [0, 0.05) is 0 Å². The van der Waals surface area contributed by atoms with Crippen LogP contribution in [0.4, 0.5) is 0 Å². The van der Waals surface area contributed by atoms with E-state index in [2.05, 4.69) is 13.8 Å². The quantitative estimate of drug-likeness (QED) is 0.649. The number of hydrogen-bond donors (Lipinski definition) is 0. The van der Waals surface area contributed by atoms with Gasteiger partial charge in [0.25, 0.3) is 0 Å². The Morgan fingerprint density at radius 2 is 1.72 bits per heavy atom. The molecule has 3 fully saturated rings. The van der Waals surface area contributed by atoms with Gasteiger partial charge in [-0.05, 0) is 0 Å². The first-order chi connectivity index (χ1) is 12.2. The zero-order valence-corrected chi connectivity index (χ0v) is 17.8. The van der Waals surface area contributed by atoms with Crippen LogP contribution in [0, 0.1) is 0 Å². The van der Waals surface area contributed by atoms with E-state index in [0.717, 1.165) is 14.4 Å². The van der Waals surface area contributed by atoms with E-state index in [9.17, 15) is 0 Å². The van der Waals surface area contributed by atoms with Crippen LogP contribution in [0.15, 0.2) is 30.3 Å². The van der Waals surface area contributed by atoms with Gasteiger partial charge in [0.05, 0.1) is 0 Å². The summed E-state index contributed by atoms with van der Waals surface area (Å²) in [6, 6.07) is 9.98. The van der Waals surface area contributed by atoms with E-state index in [4.69, 9.17) is 25.1 Å². The fourth-order valence-corrected chi connectivity index (χ4v) is 11.7. The molecular formula is C18H26O6Sn. The van der Waals surface area contributed by atoms with E-state index in [-0.39, 0.29) is 24.4 Å². The molecule has 0 bridgehead atoms. The number of ether oxygens (including phenoxy) is 4. The van der Waals surface area contributed by atoms with Gasteiger partial charge in [0.15, 0.2) is 0 Å². The molecule has 6 atom stereocenters. The van der Waals surface area contributed by atoms with Crippen LogP contribution in [0.25, 0.3) is 0 Å². The van der Waals surface area contributed by atoms with E-state index in [1.807, 2.05) is 30.3 Å². The topological polar surface area (TPSA) is 55.4 Å². The molecule has 0 amide bonds. The third-order valence-electron chi connectivity index (χ3n) is 5.37. The van der Waals surface area contributed by atoms with Crippen molar-refractivity contribution in [1.82, 2.24) is 0 Å². The average molecular weight is 457 g/mol. The van der Waals surface area contributed by atoms with Crippen molar-refractivity contribution in [3.05, 3.63) is 35.9 Å². The van der Waals surface area contributed by atoms with E-state index >= 15 is 0 Å². The zero-order valence-electron chi connectivity index (χ0n) is 14.9. The average Bonchev–Trinajstić information content (AvgIpc) is 3.08. The van der Waals surface area contributed by atoms with Crippen LogP contribution in [-0.2, 0) is 25.1 Å². The van der Waals surface area contributed by atoms with Gasteiger partial charge in [-0.2, -0.15) is 0 Å². The zero-order chi connectivity index (χ0) is 17.4. The van der Waals surface area contributed by atoms with Crippen molar-refractivity contribution in [3.63, 3.8) is 0 Å². The summed E-state index contributed by atoms with van der Waals surface area (Å²) in [5.74, 6) is 0. The molecule has 3 aliphatic rings. The molecule has 7 heteroatoms. The van der Waals surface area contributed by atoms with Gasteiger partial charge < -0.3 is 0 Å². The van der Waals surface area contributed by atoms with Crippen molar-refractivity contribution in [3.8, 4) is 0 Å². The molecule has 0 spiro atoms. The second-order valence-corrected chi connectivity index (χ2v) is 17.3. The fourth-order valence-electron chi connectivity index (χ4n) is 3.88. The first-order valence-electron chi connectivity index (χ1n) is 9.05. The first-order valence-corrected chi connectivity index (χ1v) is 15.4. The van der Waals surface area contributed by atoms with Crippen molar-refractivity contribution in [2.75, 3.05) is 13.7 Å². The Balaban J connectivity index is 1.58. The van der Waals surface area contributed by atoms with Gasteiger partial charge in [-0.25, -0.2) is 0 Å². The Bertz CT molecular complexity index is 580. The molecule has 3 saturated heterocycles. The van der Waals surface area contributed by atoms with E-state index in [1.165, 1.54) is 0 Å². The normalized spacial score (nSPS) is 39.6. The summed E-state index contributed by atoms with van der Waals surface area (Å²) in [4.78, 5) is 0. The summed E-state index contributed by atoms with van der Waals surface area (Å²) in [5.41, 5.74) is 1.01. The molecule has 1 aromatic carbocycles. The third kappa shape index (κ3) is 3.26. The molecule has 25 heavy (non-hydrogen) atoms. The Morgan fingerprint density at radius 3 is 2.40 bits per heavy atom. The van der Waals surface area contributed by atoms with Crippen LogP contribution in [0.5, 0.6) is 0 Å². The molecule has 0 aliphatic carbocycles. The Hall–Kier alpha value is -0.221. The minimum absolute atomic E-state index is 0.144. The fraction of sp³-hybridized carbons (Fsp3) is 0.667. The predicted molar refractivity (Wildman–Crippen MR) is 92.1 cm³/mol. The van der Waals surface area contributed by atoms with Crippen molar-refractivity contribution in [2.24, 2.45) is 0 Å². The van der Waals surface area contributed by atoms with E-state index in [0.29, 0.717) is 6.61 Å². The molecule has 0 unspecified atom stereocenters. The standard InChI is InChI=1S/C14H16O6.2C2H5.Sn/c1-17-14-11(16)10(15)12-9(19-14)7-18-13(20-12)8-5-3-2-4-6-8;2*1-2;/h2-6,9-14H,7H2,1H3;2*1H2,2H3;/q-2;;;+2/t9-,10-,11+,12-,13+,14-;;;/m1.../s1. The van der Waals surface area contributed by atoms with Crippen LogP contribution in [0.1, 0.15) is 25.7 Å². The number of methoxy groups -OCH3 is 1. The number of fused-ring (bicyclic) bond motifs is 3. The van der Waals surface area contributed by atoms with Crippen LogP contribution in [0.2, 0.25) is 8.87 Å². The summed E-state index contributed by atoms with van der Waals surface area (Å²) in [7, 11) is 1.65. The monoisotopic (exact) mass is 458 g/mol. The molecule has 138 valence electrons. The SMILES string of the molecule is C[CH2][Sn]1([CH2]C)[O][C@@H]2[C@H]([O]1)[C@H](OC)O[C@@H]1CO[C@H](c3ccccc3)O[C@@H]21. The van der Waals surface area contributed by atoms with E-state index < -0.39 is 31.8 Å². The van der Waals surface area contributed by atoms with E-state index in [1.54, 1.807) is 7.11 Å². The number of rotatable bonds is 4. The minimum atomic E-state index is -3.06. The maximum atomic E-state index is 6.58. The Labute approximate surface area is 153 Å². The van der Waals surface area contributed by atoms with Crippen molar-refractivity contribution >= 4 is 19.2 Å². The molecule has 0 radical (unpaired) electrons. The molecular weight excluding hydrogens is 431 g/mol. The molecule has 6 nitrogen and oxygen atoms in total. The van der Waals surface area contributed by atoms with Gasteiger partial charge in [-0.3, -0.25) is 0 Å². The van der Waals surface area contributed by atoms with Crippen molar-refractivity contribution in [2.45, 2.75) is 59.7 Å². The van der Waals surface area contributed by atoms with Crippen LogP contribution in [-0.4, -0.2) is 63.6 Å². The predicted octanol–water partition coefficient (Wildman–Crippen LogP) is 2.74. The Kier molecular flexibility index (Phi) is 5.39. The second kappa shape index (κ2) is 7.42. The molecule has 3 aliphatic heterocycles. The summed E-state index contributed by atoms with van der Waals surface area (Å²) < 4.78 is 38.8. The van der Waals surface area contributed by atoms with Gasteiger partial charge in [-0.1, -0.05) is 0 Å². The number of hydrogen-bond acceptors (Lipinski definition) is 6. The summed E-state index contributed by atoms with van der Waals surface area (Å²) >= 11 is -3.06. The molecule has 1 aromatic rings. The van der Waals surface area contributed by atoms with Gasteiger partial charge in [0.1, 0.15) is 0 Å². The summed E-state index contributed by atoms with van der Waals surface area (Å²) in [5, 5.41) is 0. The van der Waals surface area contributed by atoms with Gasteiger partial charge in [-0.15, -0.1) is 0 Å². The first kappa shape index (κ1) is 18.2. The van der Waals surface area contributed by atoms with Crippen LogP contribution in [0.3, 0.4) is 0 Å². The molecule has 4 rings (SSSR count). The van der Waals surface area contributed by atoms with Crippen molar-refractivity contribution < 1.29 is 25.1 Å². The third-order valence-corrected chi connectivity index (χ3v) is 15.5. The molecule has 3 heterocycles. The van der Waals surface area contributed by atoms with Gasteiger partial charge in [0.2, 0.25) is 0 Å². The molecule has 0 N–H and O–H groups in total. The molecule has 0 saturated carbocycles.